The van der Waals surface area contributed by atoms with E-state index in [9.17, 15) is 9.59 Å². The molecule has 1 aromatic heterocycles. The summed E-state index contributed by atoms with van der Waals surface area (Å²) in [7, 11) is 0. The summed E-state index contributed by atoms with van der Waals surface area (Å²) in [6.45, 7) is 0.00123. The molecule has 0 N–H and O–H groups in total. The molecule has 1 heterocycles. The molecular weight excluding hydrogens is 321 g/mol. The third kappa shape index (κ3) is 2.46. The predicted octanol–water partition coefficient (Wildman–Crippen LogP) is 1.87. The number of carbonyl (C=O) groups is 1. The van der Waals surface area contributed by atoms with E-state index in [-0.39, 0.29) is 27.0 Å². The number of benzene rings is 2. The van der Waals surface area contributed by atoms with E-state index in [4.69, 9.17) is 4.74 Å². The summed E-state index contributed by atoms with van der Waals surface area (Å²) < 4.78 is 7.81. The van der Waals surface area contributed by atoms with Crippen molar-refractivity contribution in [2.24, 2.45) is 0 Å². The molecule has 0 aliphatic heterocycles. The Labute approximate surface area is 121 Å². The molecule has 4 nitrogen and oxygen atoms in total. The summed E-state index contributed by atoms with van der Waals surface area (Å²) in [5.41, 5.74) is 0.422. The standard InChI is InChI=1S/C15H11NO3Se/c17-14-12-8-4-5-9-13(12)20-16(14)10-19-15(18)11-6-2-1-3-7-11/h1-9H,10H2. The minimum absolute atomic E-state index is 0.00123. The van der Waals surface area contributed by atoms with E-state index in [1.165, 1.54) is 0 Å². The Morgan fingerprint density at radius 2 is 1.75 bits per heavy atom. The van der Waals surface area contributed by atoms with Crippen LogP contribution in [-0.2, 0) is 11.5 Å². The number of nitrogens with zero attached hydrogens (tertiary/aromatic N) is 1. The van der Waals surface area contributed by atoms with Gasteiger partial charge in [0.2, 0.25) is 0 Å². The first kappa shape index (κ1) is 12.9. The molecular formula is C15H11NO3Se. The number of rotatable bonds is 3. The van der Waals surface area contributed by atoms with Gasteiger partial charge in [-0.3, -0.25) is 0 Å². The van der Waals surface area contributed by atoms with E-state index in [1.54, 1.807) is 33.9 Å². The molecule has 0 aliphatic rings. The van der Waals surface area contributed by atoms with E-state index in [2.05, 4.69) is 0 Å². The first-order chi connectivity index (χ1) is 9.75. The van der Waals surface area contributed by atoms with Crippen molar-refractivity contribution >= 4 is 30.3 Å². The molecule has 3 aromatic rings. The Hall–Kier alpha value is -2.10. The number of ether oxygens (including phenoxy) is 1. The van der Waals surface area contributed by atoms with Crippen molar-refractivity contribution in [3.05, 3.63) is 70.5 Å². The number of esters is 1. The molecule has 0 saturated heterocycles. The van der Waals surface area contributed by atoms with Gasteiger partial charge in [-0.05, 0) is 0 Å². The van der Waals surface area contributed by atoms with E-state index in [0.717, 1.165) is 4.26 Å². The minimum atomic E-state index is -0.412. The molecule has 0 bridgehead atoms. The molecule has 20 heavy (non-hydrogen) atoms. The molecule has 2 aromatic carbocycles. The average molecular weight is 332 g/mol. The van der Waals surface area contributed by atoms with Gasteiger partial charge in [0.1, 0.15) is 0 Å². The van der Waals surface area contributed by atoms with Crippen LogP contribution in [0.3, 0.4) is 0 Å². The van der Waals surface area contributed by atoms with Crippen molar-refractivity contribution in [3.63, 3.8) is 0 Å². The summed E-state index contributed by atoms with van der Waals surface area (Å²) in [4.78, 5) is 23.9. The second-order valence-corrected chi connectivity index (χ2v) is 6.43. The fourth-order valence-electron chi connectivity index (χ4n) is 1.88. The van der Waals surface area contributed by atoms with Crippen LogP contribution < -0.4 is 5.56 Å². The van der Waals surface area contributed by atoms with Gasteiger partial charge < -0.3 is 0 Å². The Morgan fingerprint density at radius 1 is 1.05 bits per heavy atom. The van der Waals surface area contributed by atoms with Crippen LogP contribution >= 0.6 is 0 Å². The maximum absolute atomic E-state index is 12.1. The van der Waals surface area contributed by atoms with E-state index >= 15 is 0 Å². The molecule has 0 unspecified atom stereocenters. The van der Waals surface area contributed by atoms with Crippen LogP contribution in [0.4, 0.5) is 0 Å². The van der Waals surface area contributed by atoms with Crippen LogP contribution in [0.15, 0.2) is 59.4 Å². The van der Waals surface area contributed by atoms with E-state index in [0.29, 0.717) is 10.9 Å². The van der Waals surface area contributed by atoms with Gasteiger partial charge in [0.05, 0.1) is 0 Å². The van der Waals surface area contributed by atoms with Crippen LogP contribution in [0.5, 0.6) is 0 Å². The van der Waals surface area contributed by atoms with Crippen molar-refractivity contribution in [2.45, 2.75) is 6.73 Å². The summed E-state index contributed by atoms with van der Waals surface area (Å²) in [5, 5.41) is 0.711. The number of hydrogen-bond acceptors (Lipinski definition) is 3. The summed E-state index contributed by atoms with van der Waals surface area (Å²) in [6.07, 6.45) is 0. The number of fused-ring (bicyclic) bond motifs is 1. The number of aromatic nitrogens is 1. The van der Waals surface area contributed by atoms with Gasteiger partial charge in [-0.25, -0.2) is 0 Å². The Morgan fingerprint density at radius 3 is 2.50 bits per heavy atom. The third-order valence-electron chi connectivity index (χ3n) is 2.87. The van der Waals surface area contributed by atoms with Crippen molar-refractivity contribution in [1.29, 1.82) is 0 Å². The monoisotopic (exact) mass is 333 g/mol. The van der Waals surface area contributed by atoms with Crippen molar-refractivity contribution in [3.8, 4) is 0 Å². The zero-order valence-electron chi connectivity index (χ0n) is 10.5. The van der Waals surface area contributed by atoms with Crippen molar-refractivity contribution in [2.75, 3.05) is 0 Å². The van der Waals surface area contributed by atoms with Crippen molar-refractivity contribution < 1.29 is 9.53 Å². The van der Waals surface area contributed by atoms with Gasteiger partial charge in [0, 0.05) is 0 Å². The van der Waals surface area contributed by atoms with Crippen LogP contribution in [0.25, 0.3) is 9.65 Å². The molecule has 5 heteroatoms. The Kier molecular flexibility index (Phi) is 3.54. The first-order valence-corrected chi connectivity index (χ1v) is 7.69. The number of carbonyl (C=O) groups excluding carboxylic acids is 1. The van der Waals surface area contributed by atoms with Crippen LogP contribution in [0.2, 0.25) is 0 Å². The molecule has 100 valence electrons. The molecule has 0 atom stereocenters. The van der Waals surface area contributed by atoms with Gasteiger partial charge in [-0.1, -0.05) is 0 Å². The predicted molar refractivity (Wildman–Crippen MR) is 77.0 cm³/mol. The second kappa shape index (κ2) is 5.49. The summed E-state index contributed by atoms with van der Waals surface area (Å²) in [5.74, 6) is -0.412. The van der Waals surface area contributed by atoms with Gasteiger partial charge in [0.25, 0.3) is 0 Å². The Balaban J connectivity index is 1.79. The molecule has 0 saturated carbocycles. The molecule has 3 rings (SSSR count). The van der Waals surface area contributed by atoms with Crippen molar-refractivity contribution in [1.82, 2.24) is 3.56 Å². The first-order valence-electron chi connectivity index (χ1n) is 6.07. The van der Waals surface area contributed by atoms with Crippen LogP contribution in [0.1, 0.15) is 10.4 Å². The fourth-order valence-corrected chi connectivity index (χ4v) is 3.80. The molecule has 0 aliphatic carbocycles. The second-order valence-electron chi connectivity index (χ2n) is 4.20. The van der Waals surface area contributed by atoms with Crippen LogP contribution in [-0.4, -0.2) is 24.3 Å². The summed E-state index contributed by atoms with van der Waals surface area (Å²) in [6, 6.07) is 16.3. The normalized spacial score (nSPS) is 10.6. The SMILES string of the molecule is O=C(OCn1[se]c2ccccc2c1=O)c1ccccc1. The Bertz CT molecular complexity index is 805. The molecule has 0 amide bonds. The maximum atomic E-state index is 12.1. The van der Waals surface area contributed by atoms with Crippen LogP contribution in [0, 0.1) is 0 Å². The quantitative estimate of drug-likeness (QED) is 0.543. The zero-order valence-corrected chi connectivity index (χ0v) is 12.2. The molecule has 0 spiro atoms. The number of hydrogen-bond donors (Lipinski definition) is 0. The van der Waals surface area contributed by atoms with E-state index < -0.39 is 5.97 Å². The average Bonchev–Trinajstić information content (AvgIpc) is 2.83. The van der Waals surface area contributed by atoms with Gasteiger partial charge in [0.15, 0.2) is 0 Å². The third-order valence-corrected chi connectivity index (χ3v) is 5.07. The summed E-state index contributed by atoms with van der Waals surface area (Å²) >= 11 is -0.120. The van der Waals surface area contributed by atoms with Gasteiger partial charge >= 0.3 is 121 Å². The zero-order chi connectivity index (χ0) is 13.9. The molecule has 0 fully saturated rings. The van der Waals surface area contributed by atoms with Gasteiger partial charge in [-0.15, -0.1) is 0 Å². The topological polar surface area (TPSA) is 48.3 Å². The van der Waals surface area contributed by atoms with Gasteiger partial charge in [-0.2, -0.15) is 0 Å². The molecule has 0 radical (unpaired) electrons. The fraction of sp³-hybridized carbons (Fsp3) is 0.0667. The van der Waals surface area contributed by atoms with E-state index in [1.807, 2.05) is 24.3 Å².